The minimum atomic E-state index is -0.606. The second-order valence-electron chi connectivity index (χ2n) is 6.33. The van der Waals surface area contributed by atoms with Crippen molar-refractivity contribution in [1.82, 2.24) is 9.13 Å². The van der Waals surface area contributed by atoms with E-state index in [0.29, 0.717) is 34.1 Å². The summed E-state index contributed by atoms with van der Waals surface area (Å²) < 4.78 is 2.16. The van der Waals surface area contributed by atoms with Crippen LogP contribution in [0.1, 0.15) is 28.8 Å². The number of nitrogens with zero attached hydrogens (tertiary/aromatic N) is 2. The Morgan fingerprint density at radius 2 is 1.92 bits per heavy atom. The molecule has 126 valence electrons. The van der Waals surface area contributed by atoms with Gasteiger partial charge in [-0.25, -0.2) is 4.79 Å². The Balaban J connectivity index is 1.96. The van der Waals surface area contributed by atoms with Gasteiger partial charge < -0.3 is 5.11 Å². The van der Waals surface area contributed by atoms with E-state index in [0.717, 1.165) is 12.8 Å². The van der Waals surface area contributed by atoms with Crippen LogP contribution in [0.4, 0.5) is 0 Å². The molecule has 1 N–H and O–H groups in total. The number of hydrogen-bond acceptors (Lipinski definition) is 4. The van der Waals surface area contributed by atoms with Crippen molar-refractivity contribution in [2.45, 2.75) is 26.3 Å². The van der Waals surface area contributed by atoms with Crippen LogP contribution in [-0.4, -0.2) is 26.8 Å². The number of aromatic nitrogens is 2. The van der Waals surface area contributed by atoms with Crippen molar-refractivity contribution in [3.05, 3.63) is 68.5 Å². The minimum absolute atomic E-state index is 0.140. The number of rotatable bonds is 5. The van der Waals surface area contributed by atoms with E-state index in [1.54, 1.807) is 37.3 Å². The lowest BCUT2D eigenvalue weighted by atomic mass is 10.2. The Labute approximate surface area is 139 Å². The molecule has 2 atom stereocenters. The van der Waals surface area contributed by atoms with Crippen LogP contribution < -0.4 is 11.2 Å². The van der Waals surface area contributed by atoms with Crippen LogP contribution >= 0.6 is 0 Å². The molecule has 1 aliphatic rings. The lowest BCUT2D eigenvalue weighted by Gasteiger charge is -2.11. The van der Waals surface area contributed by atoms with E-state index >= 15 is 0 Å². The Morgan fingerprint density at radius 3 is 2.58 bits per heavy atom. The van der Waals surface area contributed by atoms with Gasteiger partial charge >= 0.3 is 5.69 Å². The van der Waals surface area contributed by atoms with Gasteiger partial charge in [0.2, 0.25) is 0 Å². The molecule has 2 aromatic rings. The summed E-state index contributed by atoms with van der Waals surface area (Å²) in [6, 6.07) is 8.31. The molecule has 1 heterocycles. The van der Waals surface area contributed by atoms with Gasteiger partial charge in [0.15, 0.2) is 0 Å². The van der Waals surface area contributed by atoms with Crippen molar-refractivity contribution in [1.29, 1.82) is 0 Å². The average Bonchev–Trinajstić information content (AvgIpc) is 3.31. The zero-order valence-corrected chi connectivity index (χ0v) is 13.5. The second-order valence-corrected chi connectivity index (χ2v) is 6.33. The summed E-state index contributed by atoms with van der Waals surface area (Å²) in [7, 11) is 0. The number of aryl methyl sites for hydroxylation is 1. The number of aliphatic hydroxyl groups is 1. The average molecular weight is 328 g/mol. The summed E-state index contributed by atoms with van der Waals surface area (Å²) in [5, 5.41) is 8.98. The summed E-state index contributed by atoms with van der Waals surface area (Å²) in [5.74, 6) is 0.116. The van der Waals surface area contributed by atoms with E-state index in [4.69, 9.17) is 5.11 Å². The van der Waals surface area contributed by atoms with E-state index in [1.165, 1.54) is 10.8 Å². The molecule has 3 rings (SSSR count). The van der Waals surface area contributed by atoms with Gasteiger partial charge in [0.1, 0.15) is 0 Å². The molecule has 6 heteroatoms. The predicted octanol–water partition coefficient (Wildman–Crippen LogP) is 1.03. The molecule has 1 saturated carbocycles. The van der Waals surface area contributed by atoms with Crippen LogP contribution in [0, 0.1) is 18.8 Å². The third-order valence-electron chi connectivity index (χ3n) is 4.55. The van der Waals surface area contributed by atoms with Gasteiger partial charge in [0.05, 0.1) is 0 Å². The fraction of sp³-hybridized carbons (Fsp3) is 0.389. The summed E-state index contributed by atoms with van der Waals surface area (Å²) in [4.78, 5) is 37.5. The van der Waals surface area contributed by atoms with Gasteiger partial charge in [-0.1, -0.05) is 18.2 Å². The van der Waals surface area contributed by atoms with Gasteiger partial charge in [-0.2, -0.15) is 4.57 Å². The molecule has 0 radical (unpaired) electrons. The summed E-state index contributed by atoms with van der Waals surface area (Å²) in [6.45, 7) is 2.21. The van der Waals surface area contributed by atoms with Crippen molar-refractivity contribution in [2.75, 3.05) is 6.61 Å². The van der Waals surface area contributed by atoms with Crippen molar-refractivity contribution < 1.29 is 9.90 Å². The zero-order chi connectivity index (χ0) is 17.3. The first kappa shape index (κ1) is 16.4. The maximum absolute atomic E-state index is 12.6. The summed E-state index contributed by atoms with van der Waals surface area (Å²) >= 11 is 0. The zero-order valence-electron chi connectivity index (χ0n) is 13.5. The number of carbonyl (C=O) groups excluding carboxylic acids is 1. The highest BCUT2D eigenvalue weighted by atomic mass is 16.3. The molecule has 0 amide bonds. The van der Waals surface area contributed by atoms with Gasteiger partial charge in [-0.05, 0) is 43.7 Å². The fourth-order valence-electron chi connectivity index (χ4n) is 3.06. The van der Waals surface area contributed by atoms with Crippen molar-refractivity contribution in [3.8, 4) is 0 Å². The molecule has 1 aromatic carbocycles. The first-order valence-electron chi connectivity index (χ1n) is 8.06. The molecule has 0 spiro atoms. The Morgan fingerprint density at radius 1 is 1.21 bits per heavy atom. The van der Waals surface area contributed by atoms with Crippen LogP contribution in [0.15, 0.2) is 46.1 Å². The van der Waals surface area contributed by atoms with Gasteiger partial charge in [0, 0.05) is 30.5 Å². The van der Waals surface area contributed by atoms with Crippen LogP contribution in [0.25, 0.3) is 0 Å². The monoisotopic (exact) mass is 328 g/mol. The molecule has 24 heavy (non-hydrogen) atoms. The van der Waals surface area contributed by atoms with Crippen molar-refractivity contribution in [2.24, 2.45) is 11.8 Å². The molecule has 0 aliphatic heterocycles. The van der Waals surface area contributed by atoms with Crippen LogP contribution in [0.2, 0.25) is 0 Å². The Hall–Kier alpha value is -2.47. The van der Waals surface area contributed by atoms with E-state index in [2.05, 4.69) is 0 Å². The standard InChI is InChI=1S/C18H20N2O4/c1-12-10-19(11-15-9-14(15)7-8-21)18(24)20(16(12)22)17(23)13-5-3-2-4-6-13/h2-6,10,14-15,21H,7-9,11H2,1H3/t14-,15+/m1/s1. The van der Waals surface area contributed by atoms with Crippen molar-refractivity contribution in [3.63, 3.8) is 0 Å². The number of carbonyl (C=O) groups is 1. The molecule has 6 nitrogen and oxygen atoms in total. The third kappa shape index (κ3) is 3.10. The minimum Gasteiger partial charge on any atom is -0.396 e. The van der Waals surface area contributed by atoms with Crippen LogP contribution in [0.5, 0.6) is 0 Å². The molecular weight excluding hydrogens is 308 g/mol. The number of aliphatic hydroxyl groups excluding tert-OH is 1. The lowest BCUT2D eigenvalue weighted by Crippen LogP contribution is -2.44. The SMILES string of the molecule is Cc1cn(C[C@@H]2C[C@H]2CCO)c(=O)n(C(=O)c2ccccc2)c1=O. The third-order valence-corrected chi connectivity index (χ3v) is 4.55. The van der Waals surface area contributed by atoms with Gasteiger partial charge in [-0.15, -0.1) is 0 Å². The highest BCUT2D eigenvalue weighted by Crippen LogP contribution is 2.41. The van der Waals surface area contributed by atoms with E-state index < -0.39 is 17.2 Å². The summed E-state index contributed by atoms with van der Waals surface area (Å²) in [6.07, 6.45) is 3.20. The highest BCUT2D eigenvalue weighted by molar-refractivity contribution is 5.95. The first-order valence-corrected chi connectivity index (χ1v) is 8.06. The van der Waals surface area contributed by atoms with E-state index in [9.17, 15) is 14.4 Å². The van der Waals surface area contributed by atoms with E-state index in [1.807, 2.05) is 0 Å². The maximum Gasteiger partial charge on any atom is 0.338 e. The fourth-order valence-corrected chi connectivity index (χ4v) is 3.06. The first-order chi connectivity index (χ1) is 11.5. The Kier molecular flexibility index (Phi) is 4.49. The predicted molar refractivity (Wildman–Crippen MR) is 89.2 cm³/mol. The van der Waals surface area contributed by atoms with Gasteiger partial charge in [0.25, 0.3) is 11.5 Å². The smallest absolute Gasteiger partial charge is 0.338 e. The number of hydrogen-bond donors (Lipinski definition) is 1. The normalized spacial score (nSPS) is 19.2. The molecule has 0 bridgehead atoms. The van der Waals surface area contributed by atoms with E-state index in [-0.39, 0.29) is 6.61 Å². The van der Waals surface area contributed by atoms with Gasteiger partial charge in [-0.3, -0.25) is 14.2 Å². The lowest BCUT2D eigenvalue weighted by molar-refractivity contribution is 0.0948. The summed E-state index contributed by atoms with van der Waals surface area (Å²) in [5.41, 5.74) is -0.515. The topological polar surface area (TPSA) is 81.3 Å². The molecule has 0 saturated heterocycles. The molecule has 0 unspecified atom stereocenters. The molecular formula is C18H20N2O4. The number of benzene rings is 1. The maximum atomic E-state index is 12.6. The van der Waals surface area contributed by atoms with Crippen molar-refractivity contribution >= 4 is 5.91 Å². The molecule has 1 aromatic heterocycles. The highest BCUT2D eigenvalue weighted by Gasteiger charge is 2.36. The largest absolute Gasteiger partial charge is 0.396 e. The quantitative estimate of drug-likeness (QED) is 0.889. The molecule has 1 fully saturated rings. The molecule has 1 aliphatic carbocycles. The van der Waals surface area contributed by atoms with Crippen LogP contribution in [0.3, 0.4) is 0 Å². The Bertz CT molecular complexity index is 867. The van der Waals surface area contributed by atoms with Crippen LogP contribution in [-0.2, 0) is 6.54 Å². The second kappa shape index (κ2) is 6.57.